The third-order valence-electron chi connectivity index (χ3n) is 3.03. The molecule has 98 valence electrons. The van der Waals surface area contributed by atoms with Gasteiger partial charge >= 0.3 is 0 Å². The molecular weight excluding hydrogens is 212 g/mol. The lowest BCUT2D eigenvalue weighted by molar-refractivity contribution is 0.633. The summed E-state index contributed by atoms with van der Waals surface area (Å²) in [5.74, 6) is 1.32. The number of nitrogen functional groups attached to an aromatic ring is 1. The van der Waals surface area contributed by atoms with Gasteiger partial charge in [0.1, 0.15) is 5.82 Å². The summed E-state index contributed by atoms with van der Waals surface area (Å²) in [5, 5.41) is 7.94. The van der Waals surface area contributed by atoms with Crippen LogP contribution >= 0.6 is 0 Å². The molecule has 0 aliphatic rings. The summed E-state index contributed by atoms with van der Waals surface area (Å²) in [6.07, 6.45) is 3.63. The molecule has 17 heavy (non-hydrogen) atoms. The molecule has 0 amide bonds. The van der Waals surface area contributed by atoms with Gasteiger partial charge in [0.15, 0.2) is 0 Å². The first-order valence-corrected chi connectivity index (χ1v) is 6.56. The number of nitrogens with one attached hydrogen (secondary N) is 1. The quantitative estimate of drug-likeness (QED) is 0.800. The van der Waals surface area contributed by atoms with E-state index in [1.54, 1.807) is 0 Å². The molecule has 3 N–H and O–H groups in total. The summed E-state index contributed by atoms with van der Waals surface area (Å²) < 4.78 is 1.85. The van der Waals surface area contributed by atoms with Crippen LogP contribution in [0.3, 0.4) is 0 Å². The maximum absolute atomic E-state index is 6.14. The molecule has 0 fully saturated rings. The van der Waals surface area contributed by atoms with Crippen LogP contribution in [0.5, 0.6) is 0 Å². The number of aryl methyl sites for hydroxylation is 1. The Morgan fingerprint density at radius 3 is 2.47 bits per heavy atom. The lowest BCUT2D eigenvalue weighted by atomic mass is 10.1. The fourth-order valence-electron chi connectivity index (χ4n) is 1.97. The molecule has 0 saturated heterocycles. The van der Waals surface area contributed by atoms with E-state index in [-0.39, 0.29) is 0 Å². The van der Waals surface area contributed by atoms with Crippen molar-refractivity contribution in [3.05, 3.63) is 5.69 Å². The van der Waals surface area contributed by atoms with Crippen molar-refractivity contribution in [2.24, 2.45) is 7.05 Å². The summed E-state index contributed by atoms with van der Waals surface area (Å²) >= 11 is 0. The van der Waals surface area contributed by atoms with Crippen molar-refractivity contribution in [3.8, 4) is 0 Å². The fraction of sp³-hybridized carbons (Fsp3) is 0.769. The molecule has 4 heteroatoms. The molecule has 1 rings (SSSR count). The van der Waals surface area contributed by atoms with Gasteiger partial charge in [-0.15, -0.1) is 0 Å². The van der Waals surface area contributed by atoms with Crippen LogP contribution < -0.4 is 11.1 Å². The van der Waals surface area contributed by atoms with Crippen molar-refractivity contribution < 1.29 is 0 Å². The zero-order valence-electron chi connectivity index (χ0n) is 11.7. The maximum atomic E-state index is 6.14. The van der Waals surface area contributed by atoms with Crippen LogP contribution in [0.15, 0.2) is 0 Å². The Labute approximate surface area is 105 Å². The summed E-state index contributed by atoms with van der Waals surface area (Å²) in [4.78, 5) is 0. The summed E-state index contributed by atoms with van der Waals surface area (Å²) in [6.45, 7) is 8.63. The minimum atomic E-state index is 0.364. The summed E-state index contributed by atoms with van der Waals surface area (Å²) in [5.41, 5.74) is 7.92. The molecule has 0 spiro atoms. The molecule has 4 nitrogen and oxygen atoms in total. The highest BCUT2D eigenvalue weighted by molar-refractivity contribution is 5.66. The van der Waals surface area contributed by atoms with Crippen LogP contribution in [0.1, 0.15) is 58.6 Å². The van der Waals surface area contributed by atoms with Crippen LogP contribution in [0.2, 0.25) is 0 Å². The van der Waals surface area contributed by atoms with Crippen molar-refractivity contribution in [1.82, 2.24) is 9.78 Å². The number of anilines is 2. The molecule has 1 aromatic heterocycles. The van der Waals surface area contributed by atoms with Gasteiger partial charge in [-0.2, -0.15) is 5.10 Å². The Hall–Kier alpha value is -1.19. The van der Waals surface area contributed by atoms with E-state index in [0.29, 0.717) is 12.0 Å². The van der Waals surface area contributed by atoms with Gasteiger partial charge in [0.2, 0.25) is 0 Å². The minimum absolute atomic E-state index is 0.364. The third kappa shape index (κ3) is 3.38. The van der Waals surface area contributed by atoms with Gasteiger partial charge in [-0.3, -0.25) is 4.68 Å². The number of unbranched alkanes of at least 4 members (excludes halogenated alkanes) is 1. The third-order valence-corrected chi connectivity index (χ3v) is 3.03. The Morgan fingerprint density at radius 2 is 2.00 bits per heavy atom. The van der Waals surface area contributed by atoms with Gasteiger partial charge in [0.25, 0.3) is 0 Å². The van der Waals surface area contributed by atoms with Gasteiger partial charge in [-0.25, -0.2) is 0 Å². The van der Waals surface area contributed by atoms with Crippen molar-refractivity contribution in [1.29, 1.82) is 0 Å². The normalized spacial score (nSPS) is 13.1. The van der Waals surface area contributed by atoms with E-state index in [2.05, 4.69) is 38.1 Å². The molecule has 0 aliphatic heterocycles. The summed E-state index contributed by atoms with van der Waals surface area (Å²) in [6, 6.07) is 0.438. The second-order valence-electron chi connectivity index (χ2n) is 5.11. The standard InChI is InChI=1S/C13H26N4/c1-6-7-8-10(4)15-13-11(14)12(9(2)3)16-17(13)5/h9-10,15H,6-8,14H2,1-5H3. The molecule has 1 heterocycles. The van der Waals surface area contributed by atoms with Crippen LogP contribution in [-0.4, -0.2) is 15.8 Å². The highest BCUT2D eigenvalue weighted by Crippen LogP contribution is 2.28. The molecule has 1 aromatic rings. The van der Waals surface area contributed by atoms with Gasteiger partial charge in [-0.1, -0.05) is 33.6 Å². The van der Waals surface area contributed by atoms with Gasteiger partial charge in [-0.05, 0) is 19.3 Å². The summed E-state index contributed by atoms with van der Waals surface area (Å²) in [7, 11) is 1.94. The monoisotopic (exact) mass is 238 g/mol. The average Bonchev–Trinajstić information content (AvgIpc) is 2.54. The van der Waals surface area contributed by atoms with Crippen LogP contribution in [0, 0.1) is 0 Å². The molecule has 1 atom stereocenters. The Bertz CT molecular complexity index is 355. The average molecular weight is 238 g/mol. The van der Waals surface area contributed by atoms with Gasteiger partial charge in [0.05, 0.1) is 11.4 Å². The fourth-order valence-corrected chi connectivity index (χ4v) is 1.97. The lowest BCUT2D eigenvalue weighted by Crippen LogP contribution is -2.18. The van der Waals surface area contributed by atoms with E-state index < -0.39 is 0 Å². The highest BCUT2D eigenvalue weighted by Gasteiger charge is 2.16. The van der Waals surface area contributed by atoms with E-state index in [1.165, 1.54) is 12.8 Å². The smallest absolute Gasteiger partial charge is 0.147 e. The topological polar surface area (TPSA) is 55.9 Å². The lowest BCUT2D eigenvalue weighted by Gasteiger charge is -2.15. The van der Waals surface area contributed by atoms with E-state index in [4.69, 9.17) is 5.73 Å². The van der Waals surface area contributed by atoms with Crippen LogP contribution in [-0.2, 0) is 7.05 Å². The van der Waals surface area contributed by atoms with Crippen molar-refractivity contribution in [2.45, 2.75) is 58.9 Å². The van der Waals surface area contributed by atoms with Crippen LogP contribution in [0.4, 0.5) is 11.5 Å². The molecule has 0 aromatic carbocycles. The van der Waals surface area contributed by atoms with Crippen molar-refractivity contribution >= 4 is 11.5 Å². The first-order chi connectivity index (χ1) is 7.97. The number of hydrogen-bond acceptors (Lipinski definition) is 3. The van der Waals surface area contributed by atoms with E-state index in [1.807, 2.05) is 11.7 Å². The Kier molecular flexibility index (Phi) is 4.85. The zero-order chi connectivity index (χ0) is 13.0. The van der Waals surface area contributed by atoms with E-state index >= 15 is 0 Å². The first-order valence-electron chi connectivity index (χ1n) is 6.56. The first kappa shape index (κ1) is 13.9. The van der Waals surface area contributed by atoms with E-state index in [0.717, 1.165) is 23.6 Å². The predicted molar refractivity (Wildman–Crippen MR) is 74.3 cm³/mol. The number of nitrogens with zero attached hydrogens (tertiary/aromatic N) is 2. The van der Waals surface area contributed by atoms with E-state index in [9.17, 15) is 0 Å². The van der Waals surface area contributed by atoms with Crippen LogP contribution in [0.25, 0.3) is 0 Å². The largest absolute Gasteiger partial charge is 0.394 e. The second-order valence-corrected chi connectivity index (χ2v) is 5.11. The Balaban J connectivity index is 2.77. The number of rotatable bonds is 6. The number of nitrogens with two attached hydrogens (primary N) is 1. The molecular formula is C13H26N4. The number of aromatic nitrogens is 2. The second kappa shape index (κ2) is 5.94. The molecule has 0 aliphatic carbocycles. The Morgan fingerprint density at radius 1 is 1.35 bits per heavy atom. The van der Waals surface area contributed by atoms with Gasteiger partial charge in [0, 0.05) is 13.1 Å². The molecule has 0 bridgehead atoms. The van der Waals surface area contributed by atoms with Crippen molar-refractivity contribution in [2.75, 3.05) is 11.1 Å². The maximum Gasteiger partial charge on any atom is 0.147 e. The zero-order valence-corrected chi connectivity index (χ0v) is 11.7. The SMILES string of the molecule is CCCCC(C)Nc1c(N)c(C(C)C)nn1C. The molecule has 1 unspecified atom stereocenters. The van der Waals surface area contributed by atoms with Crippen molar-refractivity contribution in [3.63, 3.8) is 0 Å². The van der Waals surface area contributed by atoms with Gasteiger partial charge < -0.3 is 11.1 Å². The number of hydrogen-bond donors (Lipinski definition) is 2. The minimum Gasteiger partial charge on any atom is -0.394 e. The molecule has 0 radical (unpaired) electrons. The highest BCUT2D eigenvalue weighted by atomic mass is 15.3. The predicted octanol–water partition coefficient (Wildman–Crippen LogP) is 3.12. The molecule has 0 saturated carbocycles.